The van der Waals surface area contributed by atoms with Crippen molar-refractivity contribution >= 4 is 102 Å². The van der Waals surface area contributed by atoms with Crippen LogP contribution in [0.25, 0.3) is 73.0 Å². The molecule has 2 aromatic heterocycles. The fourth-order valence-electron chi connectivity index (χ4n) is 7.27. The largest absolute Gasteiger partial charge is 0.308 e. The Morgan fingerprint density at radius 1 is 0.340 bits per heavy atom. The Kier molecular flexibility index (Phi) is 5.98. The highest BCUT2D eigenvalue weighted by Gasteiger charge is 2.22. The molecule has 2 heterocycles. The van der Waals surface area contributed by atoms with E-state index in [0.29, 0.717) is 0 Å². The third-order valence-corrected chi connectivity index (χ3v) is 11.9. The normalized spacial score (nSPS) is 11.8. The van der Waals surface area contributed by atoms with Gasteiger partial charge in [-0.05, 0) is 63.0 Å². The molecule has 0 fully saturated rings. The minimum atomic E-state index is 1.15. The SMILES string of the molecule is c1ccc2c(-c3ccc(N(c4cccc5c4sc4ccccc45)c4cccc5c4sc4c6ccccc6ccc54)cc3)cccc2c1. The number of hydrogen-bond acceptors (Lipinski definition) is 3. The summed E-state index contributed by atoms with van der Waals surface area (Å²) < 4.78 is 5.26. The fourth-order valence-corrected chi connectivity index (χ4v) is 9.82. The summed E-state index contributed by atoms with van der Waals surface area (Å²) in [5.74, 6) is 0. The highest BCUT2D eigenvalue weighted by atomic mass is 32.1. The number of nitrogens with zero attached hydrogens (tertiary/aromatic N) is 1. The molecule has 0 bridgehead atoms. The van der Waals surface area contributed by atoms with Crippen LogP contribution in [0.5, 0.6) is 0 Å². The number of hydrogen-bond donors (Lipinski definition) is 0. The molecule has 0 spiro atoms. The molecule has 0 unspecified atom stereocenters. The number of fused-ring (bicyclic) bond motifs is 9. The Balaban J connectivity index is 1.23. The maximum absolute atomic E-state index is 2.49. The Labute approximate surface area is 280 Å². The lowest BCUT2D eigenvalue weighted by molar-refractivity contribution is 1.32. The zero-order valence-corrected chi connectivity index (χ0v) is 27.0. The minimum absolute atomic E-state index is 1.15. The zero-order valence-electron chi connectivity index (χ0n) is 25.4. The van der Waals surface area contributed by atoms with Crippen molar-refractivity contribution in [3.63, 3.8) is 0 Å². The fraction of sp³-hybridized carbons (Fsp3) is 0. The smallest absolute Gasteiger partial charge is 0.0640 e. The van der Waals surface area contributed by atoms with E-state index in [2.05, 4.69) is 169 Å². The van der Waals surface area contributed by atoms with Gasteiger partial charge in [0.2, 0.25) is 0 Å². The lowest BCUT2D eigenvalue weighted by atomic mass is 9.98. The number of anilines is 3. The van der Waals surface area contributed by atoms with Crippen molar-refractivity contribution in [2.24, 2.45) is 0 Å². The van der Waals surface area contributed by atoms with Crippen molar-refractivity contribution in [1.29, 1.82) is 0 Å². The average Bonchev–Trinajstić information content (AvgIpc) is 3.72. The van der Waals surface area contributed by atoms with Crippen LogP contribution >= 0.6 is 22.7 Å². The molecule has 0 aliphatic heterocycles. The summed E-state index contributed by atoms with van der Waals surface area (Å²) in [5.41, 5.74) is 6.03. The van der Waals surface area contributed by atoms with Crippen LogP contribution in [0, 0.1) is 0 Å². The molecule has 220 valence electrons. The first-order valence-corrected chi connectivity index (χ1v) is 17.6. The van der Waals surface area contributed by atoms with E-state index in [1.165, 1.54) is 84.4 Å². The Bertz CT molecular complexity index is 2800. The zero-order chi connectivity index (χ0) is 30.9. The van der Waals surface area contributed by atoms with Crippen molar-refractivity contribution < 1.29 is 0 Å². The first-order valence-electron chi connectivity index (χ1n) is 15.9. The summed E-state index contributed by atoms with van der Waals surface area (Å²) in [6.45, 7) is 0. The summed E-state index contributed by atoms with van der Waals surface area (Å²) in [7, 11) is 0. The van der Waals surface area contributed by atoms with E-state index in [-0.39, 0.29) is 0 Å². The Hall–Kier alpha value is -5.48. The van der Waals surface area contributed by atoms with Gasteiger partial charge < -0.3 is 4.90 Å². The van der Waals surface area contributed by atoms with Crippen molar-refractivity contribution in [3.05, 3.63) is 164 Å². The second kappa shape index (κ2) is 10.5. The van der Waals surface area contributed by atoms with Crippen LogP contribution in [-0.4, -0.2) is 0 Å². The highest BCUT2D eigenvalue weighted by Crippen LogP contribution is 2.49. The van der Waals surface area contributed by atoms with Crippen LogP contribution < -0.4 is 4.90 Å². The Morgan fingerprint density at radius 2 is 0.894 bits per heavy atom. The number of benzene rings is 8. The molecule has 0 amide bonds. The summed E-state index contributed by atoms with van der Waals surface area (Å²) in [6, 6.07) is 60.1. The average molecular weight is 634 g/mol. The molecule has 0 aliphatic carbocycles. The predicted octanol–water partition coefficient (Wildman–Crippen LogP) is 13.9. The van der Waals surface area contributed by atoms with Gasteiger partial charge in [0.25, 0.3) is 0 Å². The van der Waals surface area contributed by atoms with Gasteiger partial charge in [0, 0.05) is 36.6 Å². The van der Waals surface area contributed by atoms with Gasteiger partial charge in [-0.3, -0.25) is 0 Å². The second-order valence-corrected chi connectivity index (χ2v) is 14.2. The van der Waals surface area contributed by atoms with Crippen molar-refractivity contribution in [2.75, 3.05) is 4.90 Å². The molecule has 1 nitrogen and oxygen atoms in total. The van der Waals surface area contributed by atoms with E-state index >= 15 is 0 Å². The third kappa shape index (κ3) is 4.14. The number of thiophene rings is 2. The van der Waals surface area contributed by atoms with E-state index < -0.39 is 0 Å². The van der Waals surface area contributed by atoms with Crippen molar-refractivity contribution in [1.82, 2.24) is 0 Å². The summed E-state index contributed by atoms with van der Waals surface area (Å²) in [4.78, 5) is 2.49. The van der Waals surface area contributed by atoms with E-state index in [1.54, 1.807) is 0 Å². The highest BCUT2D eigenvalue weighted by molar-refractivity contribution is 7.27. The summed E-state index contributed by atoms with van der Waals surface area (Å²) in [6.07, 6.45) is 0. The van der Waals surface area contributed by atoms with E-state index in [0.717, 1.165) is 5.69 Å². The predicted molar refractivity (Wildman–Crippen MR) is 207 cm³/mol. The van der Waals surface area contributed by atoms with Crippen LogP contribution in [-0.2, 0) is 0 Å². The molecule has 10 rings (SSSR count). The third-order valence-electron chi connectivity index (χ3n) is 9.46. The maximum atomic E-state index is 2.49. The van der Waals surface area contributed by atoms with Gasteiger partial charge in [-0.25, -0.2) is 0 Å². The molecule has 0 aliphatic rings. The van der Waals surface area contributed by atoms with Crippen LogP contribution in [0.2, 0.25) is 0 Å². The summed E-state index contributed by atoms with van der Waals surface area (Å²) in [5, 5.41) is 10.4. The first-order chi connectivity index (χ1) is 23.3. The standard InChI is InChI=1S/C44H27NS2/c1-3-13-32-28(10-1)12-7-16-33(32)30-22-25-31(26-23-30)45(39-19-8-17-36-35-15-5-6-21-41(35)46-43(36)39)40-20-9-18-37-38-27-24-29-11-2-4-14-34(29)42(38)47-44(37)40/h1-27H. The van der Waals surface area contributed by atoms with Gasteiger partial charge in [-0.2, -0.15) is 0 Å². The van der Waals surface area contributed by atoms with E-state index in [4.69, 9.17) is 0 Å². The molecule has 10 aromatic rings. The lowest BCUT2D eigenvalue weighted by Crippen LogP contribution is -2.10. The molecular formula is C44H27NS2. The maximum Gasteiger partial charge on any atom is 0.0640 e. The monoisotopic (exact) mass is 633 g/mol. The molecular weight excluding hydrogens is 607 g/mol. The van der Waals surface area contributed by atoms with Gasteiger partial charge in [0.1, 0.15) is 0 Å². The van der Waals surface area contributed by atoms with Gasteiger partial charge in [0.15, 0.2) is 0 Å². The molecule has 3 heteroatoms. The molecule has 8 aromatic carbocycles. The van der Waals surface area contributed by atoms with E-state index in [9.17, 15) is 0 Å². The van der Waals surface area contributed by atoms with Crippen molar-refractivity contribution in [2.45, 2.75) is 0 Å². The lowest BCUT2D eigenvalue weighted by Gasteiger charge is -2.27. The van der Waals surface area contributed by atoms with Gasteiger partial charge in [-0.1, -0.05) is 133 Å². The Morgan fingerprint density at radius 3 is 1.68 bits per heavy atom. The van der Waals surface area contributed by atoms with Crippen LogP contribution in [0.15, 0.2) is 164 Å². The van der Waals surface area contributed by atoms with Crippen LogP contribution in [0.3, 0.4) is 0 Å². The number of rotatable bonds is 4. The molecule has 0 saturated heterocycles. The molecule has 0 saturated carbocycles. The molecule has 0 N–H and O–H groups in total. The quantitative estimate of drug-likeness (QED) is 0.186. The van der Waals surface area contributed by atoms with Gasteiger partial charge in [0.05, 0.1) is 20.8 Å². The van der Waals surface area contributed by atoms with Crippen LogP contribution in [0.1, 0.15) is 0 Å². The van der Waals surface area contributed by atoms with Gasteiger partial charge >= 0.3 is 0 Å². The van der Waals surface area contributed by atoms with E-state index in [1.807, 2.05) is 22.7 Å². The second-order valence-electron chi connectivity index (χ2n) is 12.1. The van der Waals surface area contributed by atoms with Crippen molar-refractivity contribution in [3.8, 4) is 11.1 Å². The first kappa shape index (κ1) is 26.7. The minimum Gasteiger partial charge on any atom is -0.308 e. The van der Waals surface area contributed by atoms with Crippen LogP contribution in [0.4, 0.5) is 17.1 Å². The topological polar surface area (TPSA) is 3.24 Å². The molecule has 0 atom stereocenters. The summed E-state index contributed by atoms with van der Waals surface area (Å²) >= 11 is 3.79. The molecule has 0 radical (unpaired) electrons. The molecule has 47 heavy (non-hydrogen) atoms. The van der Waals surface area contributed by atoms with Gasteiger partial charge in [-0.15, -0.1) is 22.7 Å².